The standard InChI is InChI=1S/C21H41N3O7/c1-3-19(25)18(7-8-22)6-4-5-9-23-20(26)16-31-15-14-29-11-10-24-21(27)17-30-13-12-28-2/h18H,3-17,22H2,1-2H3,(H,23,26)(H,24,27)/t18-/m1/s1. The van der Waals surface area contributed by atoms with Crippen LogP contribution < -0.4 is 16.4 Å². The fourth-order valence-electron chi connectivity index (χ4n) is 2.76. The number of hydrogen-bond acceptors (Lipinski definition) is 8. The molecule has 0 aromatic rings. The molecule has 0 spiro atoms. The molecular formula is C21H41N3O7. The van der Waals surface area contributed by atoms with Crippen molar-refractivity contribution >= 4 is 17.6 Å². The molecule has 0 bridgehead atoms. The molecule has 10 heteroatoms. The van der Waals surface area contributed by atoms with E-state index in [9.17, 15) is 14.4 Å². The number of unbranched alkanes of at least 4 members (excludes halogenated alkanes) is 1. The number of ether oxygens (including phenoxy) is 4. The molecule has 0 rings (SSSR count). The molecule has 0 unspecified atom stereocenters. The van der Waals surface area contributed by atoms with Crippen LogP contribution >= 0.6 is 0 Å². The highest BCUT2D eigenvalue weighted by molar-refractivity contribution is 5.80. The van der Waals surface area contributed by atoms with Crippen LogP contribution in [-0.4, -0.2) is 90.6 Å². The lowest BCUT2D eigenvalue weighted by Gasteiger charge is -2.13. The first-order valence-electron chi connectivity index (χ1n) is 11.0. The number of hydrogen-bond donors (Lipinski definition) is 3. The molecule has 0 aromatic carbocycles. The summed E-state index contributed by atoms with van der Waals surface area (Å²) < 4.78 is 20.5. The van der Waals surface area contributed by atoms with Crippen LogP contribution in [0.4, 0.5) is 0 Å². The van der Waals surface area contributed by atoms with Crippen molar-refractivity contribution in [2.24, 2.45) is 11.7 Å². The Kier molecular flexibility index (Phi) is 20.5. The molecule has 10 nitrogen and oxygen atoms in total. The van der Waals surface area contributed by atoms with Gasteiger partial charge in [-0.3, -0.25) is 14.4 Å². The van der Waals surface area contributed by atoms with Crippen LogP contribution in [-0.2, 0) is 33.3 Å². The molecule has 4 N–H and O–H groups in total. The maximum Gasteiger partial charge on any atom is 0.246 e. The van der Waals surface area contributed by atoms with Gasteiger partial charge in [-0.2, -0.15) is 0 Å². The van der Waals surface area contributed by atoms with Crippen LogP contribution in [0.3, 0.4) is 0 Å². The first-order valence-corrected chi connectivity index (χ1v) is 11.0. The minimum Gasteiger partial charge on any atom is -0.382 e. The van der Waals surface area contributed by atoms with Gasteiger partial charge in [-0.05, 0) is 25.8 Å². The normalized spacial score (nSPS) is 11.8. The van der Waals surface area contributed by atoms with Crippen LogP contribution in [0, 0.1) is 5.92 Å². The molecule has 0 aromatic heterocycles. The molecule has 0 saturated carbocycles. The topological polar surface area (TPSA) is 138 Å². The quantitative estimate of drug-likeness (QED) is 0.198. The minimum atomic E-state index is -0.209. The van der Waals surface area contributed by atoms with Crippen LogP contribution in [0.5, 0.6) is 0 Å². The maximum absolute atomic E-state index is 11.8. The lowest BCUT2D eigenvalue weighted by Crippen LogP contribution is -2.31. The van der Waals surface area contributed by atoms with Gasteiger partial charge in [0.1, 0.15) is 19.0 Å². The van der Waals surface area contributed by atoms with Gasteiger partial charge in [-0.25, -0.2) is 0 Å². The first-order chi connectivity index (χ1) is 15.0. The Morgan fingerprint density at radius 2 is 1.42 bits per heavy atom. The third kappa shape index (κ3) is 18.9. The van der Waals surface area contributed by atoms with Gasteiger partial charge in [0, 0.05) is 32.5 Å². The van der Waals surface area contributed by atoms with Gasteiger partial charge >= 0.3 is 0 Å². The lowest BCUT2D eigenvalue weighted by molar-refractivity contribution is -0.127. The van der Waals surface area contributed by atoms with Crippen molar-refractivity contribution < 1.29 is 33.3 Å². The number of methoxy groups -OCH3 is 1. The van der Waals surface area contributed by atoms with Gasteiger partial charge in [0.25, 0.3) is 0 Å². The van der Waals surface area contributed by atoms with Crippen molar-refractivity contribution in [3.05, 3.63) is 0 Å². The average molecular weight is 448 g/mol. The average Bonchev–Trinajstić information content (AvgIpc) is 2.77. The number of nitrogens with one attached hydrogen (secondary N) is 2. The third-order valence-electron chi connectivity index (χ3n) is 4.46. The SMILES string of the molecule is CCC(=O)[C@@H](CCN)CCCCNC(=O)COCCOCCNC(=O)COCCOC. The van der Waals surface area contributed by atoms with Gasteiger partial charge < -0.3 is 35.3 Å². The number of carbonyl (C=O) groups excluding carboxylic acids is 3. The summed E-state index contributed by atoms with van der Waals surface area (Å²) in [6.45, 7) is 5.10. The molecular weight excluding hydrogens is 406 g/mol. The Balaban J connectivity index is 3.48. The summed E-state index contributed by atoms with van der Waals surface area (Å²) in [4.78, 5) is 35.0. The van der Waals surface area contributed by atoms with Crippen molar-refractivity contribution in [1.82, 2.24) is 10.6 Å². The fraction of sp³-hybridized carbons (Fsp3) is 0.857. The predicted molar refractivity (Wildman–Crippen MR) is 117 cm³/mol. The van der Waals surface area contributed by atoms with Crippen LogP contribution in [0.2, 0.25) is 0 Å². The van der Waals surface area contributed by atoms with Crippen molar-refractivity contribution in [3.63, 3.8) is 0 Å². The minimum absolute atomic E-state index is 0.00721. The number of nitrogens with two attached hydrogens (primary N) is 1. The molecule has 0 aliphatic rings. The summed E-state index contributed by atoms with van der Waals surface area (Å²) in [5, 5.41) is 5.46. The Labute approximate surface area is 185 Å². The molecule has 0 heterocycles. The van der Waals surface area contributed by atoms with E-state index in [0.717, 1.165) is 25.7 Å². The molecule has 2 amide bonds. The van der Waals surface area contributed by atoms with E-state index in [4.69, 9.17) is 24.7 Å². The first kappa shape index (κ1) is 29.4. The van der Waals surface area contributed by atoms with Crippen molar-refractivity contribution in [2.45, 2.75) is 39.0 Å². The summed E-state index contributed by atoms with van der Waals surface area (Å²) in [5.74, 6) is -0.0839. The number of carbonyl (C=O) groups is 3. The summed E-state index contributed by atoms with van der Waals surface area (Å²) >= 11 is 0. The molecule has 0 aliphatic heterocycles. The van der Waals surface area contributed by atoms with E-state index in [2.05, 4.69) is 10.6 Å². The number of amides is 2. The van der Waals surface area contributed by atoms with Gasteiger partial charge in [0.05, 0.1) is 33.0 Å². The zero-order valence-corrected chi connectivity index (χ0v) is 19.1. The van der Waals surface area contributed by atoms with E-state index in [0.29, 0.717) is 59.1 Å². The molecule has 31 heavy (non-hydrogen) atoms. The van der Waals surface area contributed by atoms with Gasteiger partial charge in [0.2, 0.25) is 11.8 Å². The third-order valence-corrected chi connectivity index (χ3v) is 4.46. The van der Waals surface area contributed by atoms with Crippen molar-refractivity contribution in [1.29, 1.82) is 0 Å². The number of Topliss-reactive ketones (excluding diaryl/α,β-unsaturated/α-hetero) is 1. The second-order valence-corrected chi connectivity index (χ2v) is 7.00. The zero-order valence-electron chi connectivity index (χ0n) is 19.1. The van der Waals surface area contributed by atoms with E-state index in [-0.39, 0.29) is 36.7 Å². The Morgan fingerprint density at radius 1 is 0.806 bits per heavy atom. The zero-order chi connectivity index (χ0) is 23.2. The van der Waals surface area contributed by atoms with E-state index < -0.39 is 0 Å². The maximum atomic E-state index is 11.8. The second kappa shape index (κ2) is 21.6. The summed E-state index contributed by atoms with van der Waals surface area (Å²) in [6.07, 6.45) is 3.78. The molecule has 0 fully saturated rings. The summed E-state index contributed by atoms with van der Waals surface area (Å²) in [7, 11) is 1.57. The highest BCUT2D eigenvalue weighted by Gasteiger charge is 2.15. The number of ketones is 1. The van der Waals surface area contributed by atoms with E-state index >= 15 is 0 Å². The molecule has 182 valence electrons. The van der Waals surface area contributed by atoms with Crippen LogP contribution in [0.1, 0.15) is 39.0 Å². The largest absolute Gasteiger partial charge is 0.382 e. The lowest BCUT2D eigenvalue weighted by atomic mass is 9.92. The van der Waals surface area contributed by atoms with E-state index in [1.165, 1.54) is 0 Å². The smallest absolute Gasteiger partial charge is 0.246 e. The Bertz CT molecular complexity index is 478. The number of rotatable bonds is 22. The highest BCUT2D eigenvalue weighted by atomic mass is 16.5. The van der Waals surface area contributed by atoms with E-state index in [1.54, 1.807) is 7.11 Å². The van der Waals surface area contributed by atoms with Crippen molar-refractivity contribution in [3.8, 4) is 0 Å². The van der Waals surface area contributed by atoms with E-state index in [1.807, 2.05) is 6.92 Å². The second-order valence-electron chi connectivity index (χ2n) is 7.00. The van der Waals surface area contributed by atoms with Crippen molar-refractivity contribution in [2.75, 3.05) is 73.0 Å². The van der Waals surface area contributed by atoms with Crippen LogP contribution in [0.15, 0.2) is 0 Å². The highest BCUT2D eigenvalue weighted by Crippen LogP contribution is 2.14. The molecule has 0 radical (unpaired) electrons. The molecule has 0 aliphatic carbocycles. The summed E-state index contributed by atoms with van der Waals surface area (Å²) in [6, 6.07) is 0. The predicted octanol–water partition coefficient (Wildman–Crippen LogP) is 0.0294. The Hall–Kier alpha value is -1.59. The van der Waals surface area contributed by atoms with Gasteiger partial charge in [-0.1, -0.05) is 13.3 Å². The fourth-order valence-corrected chi connectivity index (χ4v) is 2.76. The van der Waals surface area contributed by atoms with Gasteiger partial charge in [0.15, 0.2) is 0 Å². The summed E-state index contributed by atoms with van der Waals surface area (Å²) in [5.41, 5.74) is 5.56. The Morgan fingerprint density at radius 3 is 2.03 bits per heavy atom. The molecule has 0 saturated heterocycles. The monoisotopic (exact) mass is 447 g/mol. The molecule has 1 atom stereocenters. The van der Waals surface area contributed by atoms with Gasteiger partial charge in [-0.15, -0.1) is 0 Å². The van der Waals surface area contributed by atoms with Crippen LogP contribution in [0.25, 0.3) is 0 Å².